The molecule has 2 aromatic rings. The summed E-state index contributed by atoms with van der Waals surface area (Å²) >= 11 is 0. The van der Waals surface area contributed by atoms with Crippen LogP contribution in [0, 0.1) is 0 Å². The highest BCUT2D eigenvalue weighted by Gasteiger charge is 2.13. The van der Waals surface area contributed by atoms with Crippen LogP contribution in [0.2, 0.25) is 0 Å². The maximum absolute atomic E-state index is 12.9. The molecular formula is C23H33NO. The third-order valence-corrected chi connectivity index (χ3v) is 4.96. The smallest absolute Gasteiger partial charge is 0.192 e. The lowest BCUT2D eigenvalue weighted by molar-refractivity contribution is 0.541. The van der Waals surface area contributed by atoms with E-state index in [1.165, 1.54) is 37.7 Å². The molecule has 2 nitrogen and oxygen atoms in total. The van der Waals surface area contributed by atoms with E-state index in [-0.39, 0.29) is 5.43 Å². The van der Waals surface area contributed by atoms with Gasteiger partial charge in [-0.2, -0.15) is 0 Å². The predicted octanol–water partition coefficient (Wildman–Crippen LogP) is 6.08. The molecule has 0 saturated carbocycles. The van der Waals surface area contributed by atoms with E-state index in [4.69, 9.17) is 0 Å². The second kappa shape index (κ2) is 9.60. The number of hydrogen-bond acceptors (Lipinski definition) is 1. The van der Waals surface area contributed by atoms with Crippen molar-refractivity contribution in [3.63, 3.8) is 0 Å². The number of nitrogens with zero attached hydrogens (tertiary/aromatic N) is 1. The Morgan fingerprint density at radius 2 is 1.80 bits per heavy atom. The van der Waals surface area contributed by atoms with Crippen LogP contribution in [0.25, 0.3) is 11.1 Å². The van der Waals surface area contributed by atoms with Crippen molar-refractivity contribution in [2.24, 2.45) is 7.05 Å². The maximum atomic E-state index is 12.9. The largest absolute Gasteiger partial charge is 0.356 e. The first-order valence-corrected chi connectivity index (χ1v) is 9.90. The van der Waals surface area contributed by atoms with Crippen molar-refractivity contribution in [3.05, 3.63) is 58.0 Å². The molecule has 0 aliphatic carbocycles. The average molecular weight is 340 g/mol. The van der Waals surface area contributed by atoms with Gasteiger partial charge in [0.2, 0.25) is 0 Å². The minimum Gasteiger partial charge on any atom is -0.356 e. The third kappa shape index (κ3) is 5.07. The Bertz CT molecular complexity index is 729. The fourth-order valence-electron chi connectivity index (χ4n) is 3.67. The Morgan fingerprint density at radius 1 is 1.00 bits per heavy atom. The fourth-order valence-corrected chi connectivity index (χ4v) is 3.67. The van der Waals surface area contributed by atoms with Crippen LogP contribution in [-0.4, -0.2) is 4.57 Å². The minimum atomic E-state index is 0.192. The second-order valence-corrected chi connectivity index (χ2v) is 7.19. The maximum Gasteiger partial charge on any atom is 0.192 e. The summed E-state index contributed by atoms with van der Waals surface area (Å²) in [6.45, 7) is 6.63. The molecule has 0 saturated heterocycles. The summed E-state index contributed by atoms with van der Waals surface area (Å²) in [5.74, 6) is 0.604. The highest BCUT2D eigenvalue weighted by Crippen LogP contribution is 2.29. The van der Waals surface area contributed by atoms with Crippen molar-refractivity contribution in [2.75, 3.05) is 0 Å². The topological polar surface area (TPSA) is 22.0 Å². The van der Waals surface area contributed by atoms with Gasteiger partial charge in [0.25, 0.3) is 0 Å². The zero-order valence-electron chi connectivity index (χ0n) is 16.3. The second-order valence-electron chi connectivity index (χ2n) is 7.19. The van der Waals surface area contributed by atoms with E-state index in [1.54, 1.807) is 0 Å². The van der Waals surface area contributed by atoms with Crippen LogP contribution in [0.15, 0.2) is 41.5 Å². The van der Waals surface area contributed by atoms with Gasteiger partial charge in [-0.25, -0.2) is 0 Å². The van der Waals surface area contributed by atoms with Crippen LogP contribution in [-0.2, 0) is 13.5 Å². The van der Waals surface area contributed by atoms with Gasteiger partial charge in [-0.3, -0.25) is 4.79 Å². The first kappa shape index (κ1) is 19.5. The highest BCUT2D eigenvalue weighted by atomic mass is 16.1. The number of pyridine rings is 1. The number of aromatic nitrogens is 1. The van der Waals surface area contributed by atoms with Crippen LogP contribution in [0.4, 0.5) is 0 Å². The number of aryl methyl sites for hydroxylation is 2. The molecule has 2 heteroatoms. The van der Waals surface area contributed by atoms with E-state index >= 15 is 0 Å². The number of hydrogen-bond donors (Lipinski definition) is 0. The van der Waals surface area contributed by atoms with Crippen molar-refractivity contribution in [1.29, 1.82) is 0 Å². The molecule has 0 aliphatic rings. The van der Waals surface area contributed by atoms with Crippen molar-refractivity contribution >= 4 is 0 Å². The number of rotatable bonds is 9. The summed E-state index contributed by atoms with van der Waals surface area (Å²) in [5.41, 5.74) is 4.40. The number of unbranched alkanes of at least 4 members (excludes halogenated alkanes) is 1. The summed E-state index contributed by atoms with van der Waals surface area (Å²) in [7, 11) is 2.01. The number of benzene rings is 1. The molecule has 136 valence electrons. The first-order chi connectivity index (χ1) is 12.1. The fraction of sp³-hybridized carbons (Fsp3) is 0.522. The summed E-state index contributed by atoms with van der Waals surface area (Å²) in [6, 6.07) is 8.69. The van der Waals surface area contributed by atoms with Crippen molar-refractivity contribution in [2.45, 2.75) is 71.6 Å². The average Bonchev–Trinajstić information content (AvgIpc) is 2.61. The summed E-state index contributed by atoms with van der Waals surface area (Å²) < 4.78 is 2.02. The summed E-state index contributed by atoms with van der Waals surface area (Å²) in [5, 5.41) is 0. The molecule has 0 bridgehead atoms. The van der Waals surface area contributed by atoms with E-state index in [1.807, 2.05) is 24.0 Å². The normalized spacial score (nSPS) is 12.3. The van der Waals surface area contributed by atoms with Gasteiger partial charge >= 0.3 is 0 Å². The molecule has 0 fully saturated rings. The van der Waals surface area contributed by atoms with Gasteiger partial charge in [0.1, 0.15) is 0 Å². The van der Waals surface area contributed by atoms with E-state index in [0.29, 0.717) is 5.92 Å². The molecule has 0 radical (unpaired) electrons. The Kier molecular flexibility index (Phi) is 7.49. The summed E-state index contributed by atoms with van der Waals surface area (Å²) in [4.78, 5) is 12.9. The SMILES string of the molecule is CCCCC(CCC)c1cccc(-c2cn(C)cc(CCC)c2=O)c1. The molecule has 0 amide bonds. The van der Waals surface area contributed by atoms with Gasteiger partial charge in [0, 0.05) is 30.6 Å². The van der Waals surface area contributed by atoms with E-state index in [9.17, 15) is 4.79 Å². The molecule has 0 aliphatic heterocycles. The van der Waals surface area contributed by atoms with Gasteiger partial charge in [-0.1, -0.05) is 70.7 Å². The third-order valence-electron chi connectivity index (χ3n) is 4.96. The zero-order valence-corrected chi connectivity index (χ0v) is 16.3. The lowest BCUT2D eigenvalue weighted by atomic mass is 9.88. The van der Waals surface area contributed by atoms with E-state index in [2.05, 4.69) is 45.0 Å². The molecule has 2 rings (SSSR count). The van der Waals surface area contributed by atoms with Gasteiger partial charge in [-0.05, 0) is 36.3 Å². The molecular weight excluding hydrogens is 306 g/mol. The van der Waals surface area contributed by atoms with E-state index < -0.39 is 0 Å². The first-order valence-electron chi connectivity index (χ1n) is 9.90. The van der Waals surface area contributed by atoms with Crippen LogP contribution in [0.1, 0.15) is 76.3 Å². The van der Waals surface area contributed by atoms with Gasteiger partial charge in [0.05, 0.1) is 0 Å². The van der Waals surface area contributed by atoms with Gasteiger partial charge in [0.15, 0.2) is 5.43 Å². The monoisotopic (exact) mass is 339 g/mol. The zero-order chi connectivity index (χ0) is 18.2. The quantitative estimate of drug-likeness (QED) is 0.543. The Hall–Kier alpha value is -1.83. The highest BCUT2D eigenvalue weighted by molar-refractivity contribution is 5.64. The Labute approximate surface area is 152 Å². The molecule has 1 aromatic carbocycles. The Balaban J connectivity index is 2.42. The molecule has 1 heterocycles. The minimum absolute atomic E-state index is 0.192. The standard InChI is InChI=1S/C23H33NO/c1-5-8-12-18(10-6-2)19-13-9-14-20(15-19)22-17-24(4)16-21(11-7-3)23(22)25/h9,13-18H,5-8,10-12H2,1-4H3. The molecule has 25 heavy (non-hydrogen) atoms. The van der Waals surface area contributed by atoms with Crippen LogP contribution in [0.3, 0.4) is 0 Å². The van der Waals surface area contributed by atoms with E-state index in [0.717, 1.165) is 29.5 Å². The van der Waals surface area contributed by atoms with Crippen molar-refractivity contribution in [3.8, 4) is 11.1 Å². The Morgan fingerprint density at radius 3 is 2.48 bits per heavy atom. The van der Waals surface area contributed by atoms with Crippen LogP contribution >= 0.6 is 0 Å². The predicted molar refractivity (Wildman–Crippen MR) is 108 cm³/mol. The van der Waals surface area contributed by atoms with Crippen LogP contribution < -0.4 is 5.43 Å². The molecule has 1 unspecified atom stereocenters. The molecule has 1 aromatic heterocycles. The molecule has 0 spiro atoms. The summed E-state index contributed by atoms with van der Waals surface area (Å²) in [6.07, 6.45) is 11.9. The van der Waals surface area contributed by atoms with Gasteiger partial charge in [-0.15, -0.1) is 0 Å². The lowest BCUT2D eigenvalue weighted by Crippen LogP contribution is -2.14. The van der Waals surface area contributed by atoms with Crippen molar-refractivity contribution < 1.29 is 0 Å². The molecule has 1 atom stereocenters. The van der Waals surface area contributed by atoms with Gasteiger partial charge < -0.3 is 4.57 Å². The lowest BCUT2D eigenvalue weighted by Gasteiger charge is -2.17. The molecule has 0 N–H and O–H groups in total. The van der Waals surface area contributed by atoms with Crippen LogP contribution in [0.5, 0.6) is 0 Å². The van der Waals surface area contributed by atoms with Crippen molar-refractivity contribution in [1.82, 2.24) is 4.57 Å².